The Morgan fingerprint density at radius 3 is 2.40 bits per heavy atom. The fraction of sp³-hybridized carbons (Fsp3) is 0.125. The summed E-state index contributed by atoms with van der Waals surface area (Å²) in [5.74, 6) is -0.538. The number of ether oxygens (including phenoxy) is 2. The highest BCUT2D eigenvalue weighted by atomic mass is 16.6. The average Bonchev–Trinajstić information content (AvgIpc) is 2.62. The minimum atomic E-state index is -0.721. The second kappa shape index (κ2) is 7.77. The Kier molecular flexibility index (Phi) is 5.51. The molecular weight excluding hydrogens is 330 g/mol. The van der Waals surface area contributed by atoms with Crippen molar-refractivity contribution in [1.29, 1.82) is 0 Å². The smallest absolute Gasteiger partial charge is 0.282 e. The topological polar surface area (TPSA) is 123 Å². The summed E-state index contributed by atoms with van der Waals surface area (Å²) in [6.07, 6.45) is 1.29. The van der Waals surface area contributed by atoms with Crippen LogP contribution in [0.4, 0.5) is 5.69 Å². The fourth-order valence-electron chi connectivity index (χ4n) is 2.04. The van der Waals surface area contributed by atoms with Gasteiger partial charge in [0.2, 0.25) is 5.75 Å². The molecule has 2 aromatic rings. The van der Waals surface area contributed by atoms with E-state index in [9.17, 15) is 20.0 Å². The molecule has 0 aliphatic heterocycles. The summed E-state index contributed by atoms with van der Waals surface area (Å²) in [4.78, 5) is 22.3. The van der Waals surface area contributed by atoms with E-state index in [1.54, 1.807) is 0 Å². The Hall–Kier alpha value is -3.62. The molecule has 9 nitrogen and oxygen atoms in total. The maximum atomic E-state index is 12.0. The van der Waals surface area contributed by atoms with Crippen LogP contribution in [0, 0.1) is 10.1 Å². The molecular formula is C16H15N3O6. The minimum absolute atomic E-state index is 0.106. The van der Waals surface area contributed by atoms with Gasteiger partial charge in [-0.15, -0.1) is 0 Å². The van der Waals surface area contributed by atoms with Gasteiger partial charge >= 0.3 is 0 Å². The van der Waals surface area contributed by atoms with Crippen LogP contribution in [-0.4, -0.2) is 36.4 Å². The van der Waals surface area contributed by atoms with Crippen molar-refractivity contribution in [1.82, 2.24) is 5.43 Å². The van der Waals surface area contributed by atoms with Crippen LogP contribution in [0.15, 0.2) is 41.5 Å². The van der Waals surface area contributed by atoms with Crippen LogP contribution in [-0.2, 0) is 0 Å². The van der Waals surface area contributed by atoms with Crippen molar-refractivity contribution in [2.75, 3.05) is 14.2 Å². The van der Waals surface area contributed by atoms with Crippen LogP contribution >= 0.6 is 0 Å². The molecule has 1 amide bonds. The molecule has 0 saturated carbocycles. The number of nitro benzene ring substituents is 1. The van der Waals surface area contributed by atoms with Crippen molar-refractivity contribution >= 4 is 17.8 Å². The first-order valence-electron chi connectivity index (χ1n) is 6.99. The molecule has 0 radical (unpaired) electrons. The summed E-state index contributed by atoms with van der Waals surface area (Å²) >= 11 is 0. The van der Waals surface area contributed by atoms with Crippen LogP contribution in [0.2, 0.25) is 0 Å². The van der Waals surface area contributed by atoms with Gasteiger partial charge in [0.25, 0.3) is 11.6 Å². The average molecular weight is 345 g/mol. The van der Waals surface area contributed by atoms with Gasteiger partial charge in [0.15, 0.2) is 11.5 Å². The molecule has 0 aliphatic carbocycles. The largest absolute Gasteiger partial charge is 0.502 e. The van der Waals surface area contributed by atoms with Gasteiger partial charge in [-0.1, -0.05) is 12.1 Å². The summed E-state index contributed by atoms with van der Waals surface area (Å²) in [6, 6.07) is 8.51. The van der Waals surface area contributed by atoms with Crippen LogP contribution in [0.3, 0.4) is 0 Å². The lowest BCUT2D eigenvalue weighted by atomic mass is 10.2. The molecule has 2 aromatic carbocycles. The third kappa shape index (κ3) is 4.02. The van der Waals surface area contributed by atoms with Crippen LogP contribution in [0.25, 0.3) is 0 Å². The molecule has 0 atom stereocenters. The van der Waals surface area contributed by atoms with Gasteiger partial charge < -0.3 is 14.6 Å². The Bertz CT molecular complexity index is 809. The number of amides is 1. The first kappa shape index (κ1) is 17.7. The molecule has 25 heavy (non-hydrogen) atoms. The highest BCUT2D eigenvalue weighted by Crippen LogP contribution is 2.36. The van der Waals surface area contributed by atoms with E-state index in [2.05, 4.69) is 10.5 Å². The third-order valence-corrected chi connectivity index (χ3v) is 3.23. The number of phenolic OH excluding ortho intramolecular Hbond substituents is 1. The van der Waals surface area contributed by atoms with Gasteiger partial charge in [-0.05, 0) is 18.2 Å². The number of hydrazone groups is 1. The maximum absolute atomic E-state index is 12.0. The number of nitrogens with zero attached hydrogens (tertiary/aromatic N) is 2. The molecule has 0 spiro atoms. The van der Waals surface area contributed by atoms with Crippen molar-refractivity contribution in [3.8, 4) is 17.2 Å². The van der Waals surface area contributed by atoms with Crippen molar-refractivity contribution < 1.29 is 24.3 Å². The van der Waals surface area contributed by atoms with Crippen LogP contribution in [0.1, 0.15) is 15.9 Å². The monoisotopic (exact) mass is 345 g/mol. The molecule has 0 heterocycles. The number of phenols is 1. The van der Waals surface area contributed by atoms with E-state index in [0.717, 1.165) is 0 Å². The fourth-order valence-corrected chi connectivity index (χ4v) is 2.04. The lowest BCUT2D eigenvalue weighted by Crippen LogP contribution is -2.18. The summed E-state index contributed by atoms with van der Waals surface area (Å²) in [6.45, 7) is 0. The highest BCUT2D eigenvalue weighted by Gasteiger charge is 2.18. The summed E-state index contributed by atoms with van der Waals surface area (Å²) in [7, 11) is 2.76. The third-order valence-electron chi connectivity index (χ3n) is 3.23. The maximum Gasteiger partial charge on any atom is 0.282 e. The van der Waals surface area contributed by atoms with Gasteiger partial charge in [0, 0.05) is 11.6 Å². The molecule has 0 unspecified atom stereocenters. The molecule has 9 heteroatoms. The number of nitro groups is 1. The van der Waals surface area contributed by atoms with E-state index >= 15 is 0 Å². The molecule has 0 fully saturated rings. The van der Waals surface area contributed by atoms with Crippen LogP contribution in [0.5, 0.6) is 17.2 Å². The Labute approximate surface area is 142 Å². The van der Waals surface area contributed by atoms with E-state index in [-0.39, 0.29) is 28.5 Å². The molecule has 0 bridgehead atoms. The van der Waals surface area contributed by atoms with Crippen molar-refractivity contribution in [3.63, 3.8) is 0 Å². The second-order valence-corrected chi connectivity index (χ2v) is 4.75. The zero-order chi connectivity index (χ0) is 18.4. The molecule has 0 aliphatic rings. The van der Waals surface area contributed by atoms with E-state index < -0.39 is 10.8 Å². The van der Waals surface area contributed by atoms with Crippen molar-refractivity contribution in [3.05, 3.63) is 57.6 Å². The van der Waals surface area contributed by atoms with Crippen molar-refractivity contribution in [2.45, 2.75) is 0 Å². The molecule has 130 valence electrons. The van der Waals surface area contributed by atoms with E-state index in [0.29, 0.717) is 5.56 Å². The number of hydrogen-bond donors (Lipinski definition) is 2. The number of rotatable bonds is 6. The first-order valence-corrected chi connectivity index (χ1v) is 6.99. The summed E-state index contributed by atoms with van der Waals surface area (Å²) < 4.78 is 10.0. The predicted molar refractivity (Wildman–Crippen MR) is 89.4 cm³/mol. The summed E-state index contributed by atoms with van der Waals surface area (Å²) in [5, 5.41) is 24.5. The van der Waals surface area contributed by atoms with Gasteiger partial charge in [0.05, 0.1) is 25.4 Å². The predicted octanol–water partition coefficient (Wildman–Crippen LogP) is 2.08. The van der Waals surface area contributed by atoms with Gasteiger partial charge in [0.1, 0.15) is 5.56 Å². The van der Waals surface area contributed by atoms with Gasteiger partial charge in [-0.25, -0.2) is 5.43 Å². The van der Waals surface area contributed by atoms with E-state index in [1.165, 1.54) is 56.8 Å². The minimum Gasteiger partial charge on any atom is -0.502 e. The van der Waals surface area contributed by atoms with Gasteiger partial charge in [-0.2, -0.15) is 5.10 Å². The van der Waals surface area contributed by atoms with E-state index in [4.69, 9.17) is 9.47 Å². The summed E-state index contributed by atoms with van der Waals surface area (Å²) in [5.41, 5.74) is 2.27. The first-order chi connectivity index (χ1) is 12.0. The zero-order valence-corrected chi connectivity index (χ0v) is 13.4. The zero-order valence-electron chi connectivity index (χ0n) is 13.4. The normalized spacial score (nSPS) is 10.5. The highest BCUT2D eigenvalue weighted by molar-refractivity contribution is 5.98. The lowest BCUT2D eigenvalue weighted by molar-refractivity contribution is -0.385. The Balaban J connectivity index is 2.19. The Morgan fingerprint density at radius 2 is 1.84 bits per heavy atom. The van der Waals surface area contributed by atoms with Crippen LogP contribution < -0.4 is 14.9 Å². The number of benzene rings is 2. The SMILES string of the molecule is COc1cc(C=NNC(=O)c2ccccc2[N+](=O)[O-])cc(OC)c1O. The number of methoxy groups -OCH3 is 2. The number of carbonyl (C=O) groups is 1. The standard InChI is InChI=1S/C16H15N3O6/c1-24-13-7-10(8-14(25-2)15(13)20)9-17-18-16(21)11-5-3-4-6-12(11)19(22)23/h3-9,20H,1-2H3,(H,18,21). The molecule has 0 aromatic heterocycles. The van der Waals surface area contributed by atoms with Crippen molar-refractivity contribution in [2.24, 2.45) is 5.10 Å². The van der Waals surface area contributed by atoms with Gasteiger partial charge in [-0.3, -0.25) is 14.9 Å². The molecule has 2 rings (SSSR count). The Morgan fingerprint density at radius 1 is 1.24 bits per heavy atom. The lowest BCUT2D eigenvalue weighted by Gasteiger charge is -2.09. The molecule has 2 N–H and O–H groups in total. The number of aromatic hydroxyl groups is 1. The number of carbonyl (C=O) groups excluding carboxylic acids is 1. The molecule has 0 saturated heterocycles. The van der Waals surface area contributed by atoms with E-state index in [1.807, 2.05) is 0 Å². The number of hydrogen-bond acceptors (Lipinski definition) is 7. The number of para-hydroxylation sites is 1. The second-order valence-electron chi connectivity index (χ2n) is 4.75. The number of nitrogens with one attached hydrogen (secondary N) is 1. The quantitative estimate of drug-likeness (QED) is 0.469.